The molecule has 7 heteroatoms. The van der Waals surface area contributed by atoms with E-state index in [2.05, 4.69) is 15.5 Å². The number of hydrogen-bond donors (Lipinski definition) is 2. The fraction of sp³-hybridized carbons (Fsp3) is 0.267. The largest absolute Gasteiger partial charge is 0.493 e. The van der Waals surface area contributed by atoms with Crippen LogP contribution >= 0.6 is 0 Å². The molecule has 0 spiro atoms. The van der Waals surface area contributed by atoms with Gasteiger partial charge in [-0.1, -0.05) is 0 Å². The van der Waals surface area contributed by atoms with E-state index in [9.17, 15) is 4.79 Å². The number of nitrogens with one attached hydrogen (secondary N) is 2. The molecule has 2 N–H and O–H groups in total. The Bertz CT molecular complexity index is 711. The molecule has 22 heavy (non-hydrogen) atoms. The molecule has 0 aliphatic heterocycles. The molecule has 0 aliphatic carbocycles. The molecule has 0 saturated carbocycles. The third-order valence-corrected chi connectivity index (χ3v) is 3.04. The van der Waals surface area contributed by atoms with E-state index in [0.29, 0.717) is 28.4 Å². The summed E-state index contributed by atoms with van der Waals surface area (Å²) in [4.78, 5) is 11.9. The van der Waals surface area contributed by atoms with Crippen molar-refractivity contribution < 1.29 is 14.3 Å². The minimum atomic E-state index is -0.306. The number of hydrogen-bond acceptors (Lipinski definition) is 5. The second-order valence-electron chi connectivity index (χ2n) is 4.62. The van der Waals surface area contributed by atoms with E-state index >= 15 is 0 Å². The number of benzene rings is 1. The van der Waals surface area contributed by atoms with Gasteiger partial charge in [-0.25, -0.2) is 0 Å². The number of carbonyl (C=O) groups excluding carboxylic acids is 1. The number of carbonyl (C=O) groups is 1. The molecular formula is C15H16N4O3. The van der Waals surface area contributed by atoms with Crippen molar-refractivity contribution in [3.05, 3.63) is 35.2 Å². The molecule has 1 aromatic heterocycles. The van der Waals surface area contributed by atoms with Gasteiger partial charge in [0, 0.05) is 6.07 Å². The van der Waals surface area contributed by atoms with Crippen molar-refractivity contribution >= 4 is 11.6 Å². The number of amides is 1. The number of aromatic amines is 1. The predicted octanol–water partition coefficient (Wildman–Crippen LogP) is 1.92. The number of H-pyrrole nitrogens is 1. The summed E-state index contributed by atoms with van der Waals surface area (Å²) >= 11 is 0. The predicted molar refractivity (Wildman–Crippen MR) is 79.9 cm³/mol. The lowest BCUT2D eigenvalue weighted by atomic mass is 10.2. The summed E-state index contributed by atoms with van der Waals surface area (Å²) in [7, 11) is 1.47. The molecule has 1 amide bonds. The van der Waals surface area contributed by atoms with Crippen LogP contribution in [0.5, 0.6) is 11.5 Å². The van der Waals surface area contributed by atoms with Gasteiger partial charge >= 0.3 is 0 Å². The minimum Gasteiger partial charge on any atom is -0.493 e. The van der Waals surface area contributed by atoms with E-state index in [4.69, 9.17) is 14.7 Å². The van der Waals surface area contributed by atoms with E-state index < -0.39 is 0 Å². The Kier molecular flexibility index (Phi) is 4.63. The van der Waals surface area contributed by atoms with Crippen LogP contribution < -0.4 is 14.8 Å². The van der Waals surface area contributed by atoms with Gasteiger partial charge in [-0.3, -0.25) is 9.89 Å². The first-order valence-corrected chi connectivity index (χ1v) is 6.57. The van der Waals surface area contributed by atoms with E-state index in [-0.39, 0.29) is 12.5 Å². The molecule has 2 rings (SSSR count). The normalized spacial score (nSPS) is 9.91. The summed E-state index contributed by atoms with van der Waals surface area (Å²) in [6, 6.07) is 6.76. The van der Waals surface area contributed by atoms with E-state index in [1.807, 2.05) is 13.0 Å². The lowest BCUT2D eigenvalue weighted by Gasteiger charge is -2.11. The Balaban J connectivity index is 2.01. The highest BCUT2D eigenvalue weighted by atomic mass is 16.5. The van der Waals surface area contributed by atoms with E-state index in [1.165, 1.54) is 7.11 Å². The van der Waals surface area contributed by atoms with Gasteiger partial charge in [0.1, 0.15) is 0 Å². The van der Waals surface area contributed by atoms with Gasteiger partial charge in [0.2, 0.25) is 0 Å². The summed E-state index contributed by atoms with van der Waals surface area (Å²) in [6.45, 7) is 3.44. The van der Waals surface area contributed by atoms with Crippen molar-refractivity contribution in [2.75, 3.05) is 19.0 Å². The first kappa shape index (κ1) is 15.4. The summed E-state index contributed by atoms with van der Waals surface area (Å²) in [5, 5.41) is 18.4. The molecule has 0 bridgehead atoms. The highest BCUT2D eigenvalue weighted by Crippen LogP contribution is 2.27. The zero-order valence-corrected chi connectivity index (χ0v) is 12.6. The first-order valence-electron chi connectivity index (χ1n) is 6.57. The molecule has 0 fully saturated rings. The zero-order chi connectivity index (χ0) is 16.1. The number of ether oxygens (including phenoxy) is 2. The van der Waals surface area contributed by atoms with Crippen LogP contribution in [0.1, 0.15) is 17.0 Å². The molecule has 0 radical (unpaired) electrons. The second kappa shape index (κ2) is 6.63. The number of aryl methyl sites for hydroxylation is 2. The molecule has 1 aromatic carbocycles. The third-order valence-electron chi connectivity index (χ3n) is 3.04. The second-order valence-corrected chi connectivity index (χ2v) is 4.62. The Labute approximate surface area is 127 Å². The van der Waals surface area contributed by atoms with Crippen LogP contribution in [0.4, 0.5) is 5.69 Å². The van der Waals surface area contributed by atoms with Crippen LogP contribution in [0.2, 0.25) is 0 Å². The summed E-state index contributed by atoms with van der Waals surface area (Å²) < 4.78 is 10.6. The molecule has 0 atom stereocenters. The Morgan fingerprint density at radius 2 is 2.18 bits per heavy atom. The van der Waals surface area contributed by atoms with Crippen molar-refractivity contribution in [2.24, 2.45) is 0 Å². The smallest absolute Gasteiger partial charge is 0.262 e. The van der Waals surface area contributed by atoms with Gasteiger partial charge < -0.3 is 14.8 Å². The van der Waals surface area contributed by atoms with Crippen molar-refractivity contribution in [2.45, 2.75) is 13.8 Å². The number of aromatic nitrogens is 2. The lowest BCUT2D eigenvalue weighted by Crippen LogP contribution is -2.21. The standard InChI is InChI=1S/C15H16N4O3/c1-9-15(10(2)19-18-9)17-14(20)8-22-12-5-4-11(7-16)6-13(12)21-3/h4-6H,8H2,1-3H3,(H,17,20)(H,18,19). The zero-order valence-electron chi connectivity index (χ0n) is 12.6. The molecule has 114 valence electrons. The van der Waals surface area contributed by atoms with Gasteiger partial charge in [0.15, 0.2) is 18.1 Å². The molecule has 2 aromatic rings. The van der Waals surface area contributed by atoms with E-state index in [0.717, 1.165) is 5.69 Å². The quantitative estimate of drug-likeness (QED) is 0.878. The third kappa shape index (κ3) is 3.35. The first-order chi connectivity index (χ1) is 10.5. The Morgan fingerprint density at radius 1 is 1.41 bits per heavy atom. The lowest BCUT2D eigenvalue weighted by molar-refractivity contribution is -0.118. The number of rotatable bonds is 5. The Hall–Kier alpha value is -3.01. The summed E-state index contributed by atoms with van der Waals surface area (Å²) in [5.74, 6) is 0.499. The van der Waals surface area contributed by atoms with Gasteiger partial charge in [-0.15, -0.1) is 0 Å². The molecule has 1 heterocycles. The van der Waals surface area contributed by atoms with Crippen LogP contribution in [0.15, 0.2) is 18.2 Å². The highest BCUT2D eigenvalue weighted by molar-refractivity contribution is 5.93. The summed E-state index contributed by atoms with van der Waals surface area (Å²) in [6.07, 6.45) is 0. The van der Waals surface area contributed by atoms with Crippen molar-refractivity contribution in [3.8, 4) is 17.6 Å². The van der Waals surface area contributed by atoms with Crippen LogP contribution in [0.3, 0.4) is 0 Å². The summed E-state index contributed by atoms with van der Waals surface area (Å²) in [5.41, 5.74) is 2.60. The highest BCUT2D eigenvalue weighted by Gasteiger charge is 2.12. The SMILES string of the molecule is COc1cc(C#N)ccc1OCC(=O)Nc1c(C)n[nH]c1C. The van der Waals surface area contributed by atoms with Crippen LogP contribution in [-0.4, -0.2) is 29.8 Å². The monoisotopic (exact) mass is 300 g/mol. The van der Waals surface area contributed by atoms with Crippen molar-refractivity contribution in [1.29, 1.82) is 5.26 Å². The Morgan fingerprint density at radius 3 is 2.77 bits per heavy atom. The average molecular weight is 300 g/mol. The van der Waals surface area contributed by atoms with Gasteiger partial charge in [0.25, 0.3) is 5.91 Å². The van der Waals surface area contributed by atoms with Crippen LogP contribution in [-0.2, 0) is 4.79 Å². The van der Waals surface area contributed by atoms with E-state index in [1.54, 1.807) is 25.1 Å². The molecule has 7 nitrogen and oxygen atoms in total. The maximum Gasteiger partial charge on any atom is 0.262 e. The van der Waals surface area contributed by atoms with Crippen molar-refractivity contribution in [3.63, 3.8) is 0 Å². The van der Waals surface area contributed by atoms with Gasteiger partial charge in [0.05, 0.1) is 35.8 Å². The molecule has 0 unspecified atom stereocenters. The van der Waals surface area contributed by atoms with Crippen LogP contribution in [0.25, 0.3) is 0 Å². The van der Waals surface area contributed by atoms with Gasteiger partial charge in [-0.2, -0.15) is 10.4 Å². The number of anilines is 1. The maximum absolute atomic E-state index is 11.9. The van der Waals surface area contributed by atoms with Crippen LogP contribution in [0, 0.1) is 25.2 Å². The average Bonchev–Trinajstić information content (AvgIpc) is 2.84. The van der Waals surface area contributed by atoms with Crippen molar-refractivity contribution in [1.82, 2.24) is 10.2 Å². The number of nitriles is 1. The fourth-order valence-corrected chi connectivity index (χ4v) is 1.91. The molecular weight excluding hydrogens is 284 g/mol. The fourth-order valence-electron chi connectivity index (χ4n) is 1.91. The number of methoxy groups -OCH3 is 1. The number of nitrogens with zero attached hydrogens (tertiary/aromatic N) is 2. The molecule has 0 aliphatic rings. The minimum absolute atomic E-state index is 0.174. The molecule has 0 saturated heterocycles. The topological polar surface area (TPSA) is 100 Å². The van der Waals surface area contributed by atoms with Gasteiger partial charge in [-0.05, 0) is 26.0 Å². The maximum atomic E-state index is 11.9.